The van der Waals surface area contributed by atoms with E-state index in [9.17, 15) is 4.79 Å². The number of aromatic carboxylic acids is 1. The molecule has 1 aromatic heterocycles. The molecule has 6 nitrogen and oxygen atoms in total. The predicted octanol–water partition coefficient (Wildman–Crippen LogP) is 2.10. The summed E-state index contributed by atoms with van der Waals surface area (Å²) >= 11 is 5.06. The fourth-order valence-electron chi connectivity index (χ4n) is 1.51. The monoisotopic (exact) mass is 300 g/mol. The van der Waals surface area contributed by atoms with Crippen molar-refractivity contribution in [3.05, 3.63) is 59.9 Å². The van der Waals surface area contributed by atoms with E-state index in [-0.39, 0.29) is 10.7 Å². The van der Waals surface area contributed by atoms with E-state index in [2.05, 4.69) is 20.8 Å². The van der Waals surface area contributed by atoms with Crippen LogP contribution in [0.15, 0.2) is 53.9 Å². The Balaban J connectivity index is 1.91. The molecule has 0 aliphatic heterocycles. The molecule has 7 heteroatoms. The van der Waals surface area contributed by atoms with E-state index in [1.807, 2.05) is 6.07 Å². The smallest absolute Gasteiger partial charge is 0.335 e. The number of benzene rings is 1. The summed E-state index contributed by atoms with van der Waals surface area (Å²) in [7, 11) is 0. The number of pyridine rings is 1. The van der Waals surface area contributed by atoms with Gasteiger partial charge in [0.1, 0.15) is 0 Å². The van der Waals surface area contributed by atoms with Crippen molar-refractivity contribution in [2.24, 2.45) is 5.10 Å². The van der Waals surface area contributed by atoms with Gasteiger partial charge in [-0.05, 0) is 36.5 Å². The maximum absolute atomic E-state index is 10.9. The first-order chi connectivity index (χ1) is 10.1. The van der Waals surface area contributed by atoms with Crippen molar-refractivity contribution in [3.8, 4) is 0 Å². The predicted molar refractivity (Wildman–Crippen MR) is 84.6 cm³/mol. The minimum atomic E-state index is -0.993. The standard InChI is InChI=1S/C14H12N4O2S/c19-13(20)11-4-1-5-12(7-11)17-14(21)18-16-9-10-3-2-6-15-8-10/h1-9H,(H,19,20)(H2,17,18,21)/b16-9-. The fraction of sp³-hybridized carbons (Fsp3) is 0. The van der Waals surface area contributed by atoms with Crippen molar-refractivity contribution in [1.29, 1.82) is 0 Å². The summed E-state index contributed by atoms with van der Waals surface area (Å²) in [6.45, 7) is 0. The van der Waals surface area contributed by atoms with Gasteiger partial charge in [-0.3, -0.25) is 10.4 Å². The lowest BCUT2D eigenvalue weighted by molar-refractivity contribution is 0.0697. The highest BCUT2D eigenvalue weighted by Gasteiger charge is 2.03. The van der Waals surface area contributed by atoms with Gasteiger partial charge in [-0.25, -0.2) is 4.79 Å². The molecule has 0 amide bonds. The summed E-state index contributed by atoms with van der Waals surface area (Å²) in [4.78, 5) is 14.8. The first-order valence-corrected chi connectivity index (χ1v) is 6.39. The maximum atomic E-state index is 10.9. The molecular formula is C14H12N4O2S. The van der Waals surface area contributed by atoms with Gasteiger partial charge in [-0.15, -0.1) is 0 Å². The molecule has 1 heterocycles. The molecule has 2 aromatic rings. The first-order valence-electron chi connectivity index (χ1n) is 5.98. The van der Waals surface area contributed by atoms with Gasteiger partial charge in [0, 0.05) is 23.6 Å². The minimum absolute atomic E-state index is 0.182. The van der Waals surface area contributed by atoms with Crippen LogP contribution >= 0.6 is 12.2 Å². The van der Waals surface area contributed by atoms with Gasteiger partial charge in [0.05, 0.1) is 11.8 Å². The second kappa shape index (κ2) is 7.11. The highest BCUT2D eigenvalue weighted by atomic mass is 32.1. The molecule has 3 N–H and O–H groups in total. The van der Waals surface area contributed by atoms with Crippen LogP contribution in [-0.2, 0) is 0 Å². The van der Waals surface area contributed by atoms with Crippen LogP contribution in [0.5, 0.6) is 0 Å². The Labute approximate surface area is 126 Å². The van der Waals surface area contributed by atoms with Gasteiger partial charge in [-0.1, -0.05) is 12.1 Å². The van der Waals surface area contributed by atoms with Crippen LogP contribution in [0.4, 0.5) is 5.69 Å². The summed E-state index contributed by atoms with van der Waals surface area (Å²) < 4.78 is 0. The third kappa shape index (κ3) is 4.66. The number of carboxylic acid groups (broad SMARTS) is 1. The number of hydrogen-bond donors (Lipinski definition) is 3. The molecule has 106 valence electrons. The van der Waals surface area contributed by atoms with E-state index in [1.54, 1.807) is 36.8 Å². The van der Waals surface area contributed by atoms with Crippen molar-refractivity contribution in [2.45, 2.75) is 0 Å². The molecule has 0 spiro atoms. The summed E-state index contributed by atoms with van der Waals surface area (Å²) in [5, 5.41) is 16.0. The van der Waals surface area contributed by atoms with Crippen LogP contribution in [0, 0.1) is 0 Å². The lowest BCUT2D eigenvalue weighted by Gasteiger charge is -2.07. The Morgan fingerprint density at radius 3 is 2.90 bits per heavy atom. The topological polar surface area (TPSA) is 86.6 Å². The number of anilines is 1. The number of carboxylic acids is 1. The van der Waals surface area contributed by atoms with Crippen LogP contribution in [0.1, 0.15) is 15.9 Å². The highest BCUT2D eigenvalue weighted by molar-refractivity contribution is 7.80. The summed E-state index contributed by atoms with van der Waals surface area (Å²) in [6, 6.07) is 9.99. The normalized spacial score (nSPS) is 10.3. The zero-order chi connectivity index (χ0) is 15.1. The van der Waals surface area contributed by atoms with Crippen molar-refractivity contribution in [3.63, 3.8) is 0 Å². The van der Waals surface area contributed by atoms with Crippen molar-refractivity contribution < 1.29 is 9.90 Å². The van der Waals surface area contributed by atoms with E-state index >= 15 is 0 Å². The van der Waals surface area contributed by atoms with E-state index in [1.165, 1.54) is 12.1 Å². The molecule has 0 bridgehead atoms. The molecule has 0 atom stereocenters. The summed E-state index contributed by atoms with van der Waals surface area (Å²) in [5.74, 6) is -0.993. The summed E-state index contributed by atoms with van der Waals surface area (Å²) in [6.07, 6.45) is 4.92. The van der Waals surface area contributed by atoms with Gasteiger partial charge in [0.2, 0.25) is 0 Å². The Morgan fingerprint density at radius 2 is 2.19 bits per heavy atom. The number of carbonyl (C=O) groups is 1. The summed E-state index contributed by atoms with van der Waals surface area (Å²) in [5.41, 5.74) is 4.23. The Morgan fingerprint density at radius 1 is 1.33 bits per heavy atom. The molecule has 0 fully saturated rings. The minimum Gasteiger partial charge on any atom is -0.478 e. The quantitative estimate of drug-likeness (QED) is 0.455. The maximum Gasteiger partial charge on any atom is 0.335 e. The third-order valence-corrected chi connectivity index (χ3v) is 2.62. The van der Waals surface area contributed by atoms with E-state index in [4.69, 9.17) is 17.3 Å². The van der Waals surface area contributed by atoms with Crippen LogP contribution < -0.4 is 10.7 Å². The Hall–Kier alpha value is -2.80. The number of hydrazone groups is 1. The largest absolute Gasteiger partial charge is 0.478 e. The van der Waals surface area contributed by atoms with Gasteiger partial charge in [-0.2, -0.15) is 5.10 Å². The van der Waals surface area contributed by atoms with Crippen LogP contribution in [0.25, 0.3) is 0 Å². The van der Waals surface area contributed by atoms with Gasteiger partial charge >= 0.3 is 5.97 Å². The highest BCUT2D eigenvalue weighted by Crippen LogP contribution is 2.10. The molecule has 1 aromatic carbocycles. The molecule has 0 unspecified atom stereocenters. The number of rotatable bonds is 4. The van der Waals surface area contributed by atoms with Crippen molar-refractivity contribution in [2.75, 3.05) is 5.32 Å². The average molecular weight is 300 g/mol. The number of aromatic nitrogens is 1. The van der Waals surface area contributed by atoms with Crippen molar-refractivity contribution in [1.82, 2.24) is 10.4 Å². The third-order valence-electron chi connectivity index (χ3n) is 2.43. The SMILES string of the molecule is O=C(O)c1cccc(NC(=S)N/N=C\c2cccnc2)c1. The zero-order valence-electron chi connectivity index (χ0n) is 10.9. The zero-order valence-corrected chi connectivity index (χ0v) is 11.7. The molecule has 0 aliphatic carbocycles. The fourth-order valence-corrected chi connectivity index (χ4v) is 1.68. The number of thiocarbonyl (C=S) groups is 1. The van der Waals surface area contributed by atoms with E-state index in [0.29, 0.717) is 5.69 Å². The average Bonchev–Trinajstić information content (AvgIpc) is 2.48. The van der Waals surface area contributed by atoms with Crippen LogP contribution in [-0.4, -0.2) is 27.4 Å². The molecular weight excluding hydrogens is 288 g/mol. The van der Waals surface area contributed by atoms with Crippen molar-refractivity contribution >= 4 is 35.2 Å². The molecule has 0 saturated carbocycles. The molecule has 0 aliphatic rings. The van der Waals surface area contributed by atoms with Gasteiger partial charge in [0.25, 0.3) is 0 Å². The lowest BCUT2D eigenvalue weighted by Crippen LogP contribution is -2.24. The second-order valence-electron chi connectivity index (χ2n) is 4.00. The Kier molecular flexibility index (Phi) is 4.94. The molecule has 2 rings (SSSR count). The Bertz CT molecular complexity index is 674. The lowest BCUT2D eigenvalue weighted by atomic mass is 10.2. The second-order valence-corrected chi connectivity index (χ2v) is 4.40. The van der Waals surface area contributed by atoms with Crippen LogP contribution in [0.2, 0.25) is 0 Å². The van der Waals surface area contributed by atoms with Crippen LogP contribution in [0.3, 0.4) is 0 Å². The number of nitrogens with one attached hydrogen (secondary N) is 2. The van der Waals surface area contributed by atoms with Gasteiger partial charge in [0.15, 0.2) is 5.11 Å². The van der Waals surface area contributed by atoms with E-state index in [0.717, 1.165) is 5.56 Å². The molecule has 0 saturated heterocycles. The van der Waals surface area contributed by atoms with Gasteiger partial charge < -0.3 is 10.4 Å². The number of hydrogen-bond acceptors (Lipinski definition) is 4. The van der Waals surface area contributed by atoms with E-state index < -0.39 is 5.97 Å². The first kappa shape index (κ1) is 14.6. The molecule has 0 radical (unpaired) electrons. The molecule has 21 heavy (non-hydrogen) atoms. The number of nitrogens with zero attached hydrogens (tertiary/aromatic N) is 2.